The molecule has 0 saturated heterocycles. The molecule has 2 heterocycles. The van der Waals surface area contributed by atoms with Crippen LogP contribution in [0, 0.1) is 30.4 Å². The van der Waals surface area contributed by atoms with Gasteiger partial charge in [-0.05, 0) is 49.4 Å². The highest BCUT2D eigenvalue weighted by Crippen LogP contribution is 2.49. The molecule has 0 radical (unpaired) electrons. The Bertz CT molecular complexity index is 1010. The first-order valence-corrected chi connectivity index (χ1v) is 11.8. The van der Waals surface area contributed by atoms with E-state index in [-0.39, 0.29) is 23.4 Å². The van der Waals surface area contributed by atoms with Gasteiger partial charge in [0.05, 0.1) is 11.7 Å². The minimum Gasteiger partial charge on any atom is -0.293 e. The van der Waals surface area contributed by atoms with Crippen LogP contribution in [0.3, 0.4) is 0 Å². The minimum absolute atomic E-state index is 0.0314. The summed E-state index contributed by atoms with van der Waals surface area (Å²) in [5.41, 5.74) is 2.10. The monoisotopic (exact) mass is 428 g/mol. The summed E-state index contributed by atoms with van der Waals surface area (Å²) >= 11 is 1.70. The number of hydrazone groups is 1. The van der Waals surface area contributed by atoms with Gasteiger partial charge in [0.25, 0.3) is 0 Å². The van der Waals surface area contributed by atoms with Crippen LogP contribution in [0.1, 0.15) is 66.3 Å². The number of carbonyl (C=O) groups excluding carboxylic acids is 1. The minimum atomic E-state index is -0.640. The highest BCUT2D eigenvalue weighted by molar-refractivity contribution is 7.12. The van der Waals surface area contributed by atoms with Gasteiger partial charge in [-0.3, -0.25) is 9.80 Å². The lowest BCUT2D eigenvalue weighted by Crippen LogP contribution is -2.32. The molecule has 6 heteroatoms. The van der Waals surface area contributed by atoms with E-state index in [1.165, 1.54) is 41.8 Å². The lowest BCUT2D eigenvalue weighted by molar-refractivity contribution is -0.114. The predicted octanol–water partition coefficient (Wildman–Crippen LogP) is 6.35. The molecule has 5 rings (SSSR count). The van der Waals surface area contributed by atoms with E-state index in [2.05, 4.69) is 13.0 Å². The van der Waals surface area contributed by atoms with E-state index in [1.807, 2.05) is 0 Å². The molecular weight excluding hydrogens is 402 g/mol. The van der Waals surface area contributed by atoms with Crippen molar-refractivity contribution in [1.82, 2.24) is 0 Å². The molecule has 2 aliphatic carbocycles. The summed E-state index contributed by atoms with van der Waals surface area (Å²) in [6, 6.07) is 5.60. The van der Waals surface area contributed by atoms with Gasteiger partial charge in [-0.25, -0.2) is 8.78 Å². The molecule has 1 fully saturated rings. The number of aryl methyl sites for hydroxylation is 2. The Morgan fingerprint density at radius 1 is 1.17 bits per heavy atom. The Morgan fingerprint density at radius 3 is 2.73 bits per heavy atom. The second-order valence-corrected chi connectivity index (χ2v) is 10.2. The first-order chi connectivity index (χ1) is 14.5. The molecule has 3 nitrogen and oxygen atoms in total. The average Bonchev–Trinajstić information content (AvgIpc) is 3.28. The molecule has 0 amide bonds. The van der Waals surface area contributed by atoms with Crippen molar-refractivity contribution < 1.29 is 13.6 Å². The van der Waals surface area contributed by atoms with Crippen molar-refractivity contribution in [3.63, 3.8) is 0 Å². The fourth-order valence-electron chi connectivity index (χ4n) is 5.39. The van der Waals surface area contributed by atoms with E-state index < -0.39 is 11.6 Å². The zero-order valence-electron chi connectivity index (χ0n) is 17.2. The Balaban J connectivity index is 1.52. The third-order valence-electron chi connectivity index (χ3n) is 6.81. The fourth-order valence-corrected chi connectivity index (χ4v) is 6.62. The molecule has 2 unspecified atom stereocenters. The Morgan fingerprint density at radius 2 is 1.97 bits per heavy atom. The lowest BCUT2D eigenvalue weighted by atomic mass is 9.78. The molecule has 0 spiro atoms. The van der Waals surface area contributed by atoms with Gasteiger partial charge in [0.15, 0.2) is 11.6 Å². The number of halogens is 2. The number of anilines is 1. The standard InChI is InChI=1S/C24H26F2N2OS/c1-14-11-16-7-9-18-22(21(29)12-15-5-3-2-4-6-15)27-28(23(18)24(16)30-14)20-10-8-17(25)13-19(20)26/h8,10-11,13,15,18,23H,2-7,9,12H2,1H3. The third kappa shape index (κ3) is 3.49. The highest BCUT2D eigenvalue weighted by Gasteiger charge is 2.46. The average molecular weight is 429 g/mol. The van der Waals surface area contributed by atoms with Crippen LogP contribution in [0.4, 0.5) is 14.5 Å². The van der Waals surface area contributed by atoms with Crippen molar-refractivity contribution in [3.05, 3.63) is 51.2 Å². The lowest BCUT2D eigenvalue weighted by Gasteiger charge is -2.31. The van der Waals surface area contributed by atoms with Crippen LogP contribution in [0.25, 0.3) is 0 Å². The van der Waals surface area contributed by atoms with Crippen LogP contribution in [0.5, 0.6) is 0 Å². The molecule has 158 valence electrons. The van der Waals surface area contributed by atoms with Gasteiger partial charge >= 0.3 is 0 Å². The molecule has 3 aliphatic rings. The number of fused-ring (bicyclic) bond motifs is 3. The second-order valence-electron chi connectivity index (χ2n) is 8.89. The van der Waals surface area contributed by atoms with Crippen molar-refractivity contribution >= 4 is 28.5 Å². The number of nitrogens with zero attached hydrogens (tertiary/aromatic N) is 2. The van der Waals surface area contributed by atoms with Crippen LogP contribution >= 0.6 is 11.3 Å². The van der Waals surface area contributed by atoms with E-state index in [1.54, 1.807) is 16.3 Å². The van der Waals surface area contributed by atoms with Crippen LogP contribution < -0.4 is 5.01 Å². The maximum atomic E-state index is 14.7. The van der Waals surface area contributed by atoms with Crippen molar-refractivity contribution in [2.45, 2.75) is 64.3 Å². The van der Waals surface area contributed by atoms with Gasteiger partial charge in [-0.2, -0.15) is 5.10 Å². The molecule has 30 heavy (non-hydrogen) atoms. The zero-order chi connectivity index (χ0) is 20.8. The van der Waals surface area contributed by atoms with Gasteiger partial charge in [0.2, 0.25) is 0 Å². The molecular formula is C24H26F2N2OS. The van der Waals surface area contributed by atoms with Crippen molar-refractivity contribution in [2.75, 3.05) is 5.01 Å². The van der Waals surface area contributed by atoms with Gasteiger partial charge in [0.1, 0.15) is 11.5 Å². The first kappa shape index (κ1) is 19.9. The largest absolute Gasteiger partial charge is 0.293 e. The first-order valence-electron chi connectivity index (χ1n) is 11.0. The smallest absolute Gasteiger partial charge is 0.179 e. The normalized spacial score (nSPS) is 23.8. The summed E-state index contributed by atoms with van der Waals surface area (Å²) < 4.78 is 28.2. The van der Waals surface area contributed by atoms with E-state index in [0.29, 0.717) is 18.1 Å². The number of benzene rings is 1. The van der Waals surface area contributed by atoms with Crippen LogP contribution in [-0.2, 0) is 11.2 Å². The molecule has 0 N–H and O–H groups in total. The van der Waals surface area contributed by atoms with Crippen molar-refractivity contribution in [3.8, 4) is 0 Å². The van der Waals surface area contributed by atoms with E-state index in [0.717, 1.165) is 36.6 Å². The maximum Gasteiger partial charge on any atom is 0.179 e. The van der Waals surface area contributed by atoms with E-state index in [4.69, 9.17) is 5.10 Å². The summed E-state index contributed by atoms with van der Waals surface area (Å²) in [6.45, 7) is 2.08. The number of carbonyl (C=O) groups is 1. The summed E-state index contributed by atoms with van der Waals surface area (Å²) in [4.78, 5) is 15.7. The molecule has 1 aromatic carbocycles. The van der Waals surface area contributed by atoms with Gasteiger partial charge in [-0.15, -0.1) is 11.3 Å². The quantitative estimate of drug-likeness (QED) is 0.568. The van der Waals surface area contributed by atoms with Gasteiger partial charge in [-0.1, -0.05) is 32.1 Å². The van der Waals surface area contributed by atoms with Gasteiger partial charge < -0.3 is 0 Å². The number of ketones is 1. The predicted molar refractivity (Wildman–Crippen MR) is 116 cm³/mol. The number of hydrogen-bond donors (Lipinski definition) is 0. The van der Waals surface area contributed by atoms with Crippen LogP contribution in [0.15, 0.2) is 29.4 Å². The number of Topliss-reactive ketones (excluding diaryl/α,β-unsaturated/α-hetero) is 1. The maximum absolute atomic E-state index is 14.7. The summed E-state index contributed by atoms with van der Waals surface area (Å²) in [5.74, 6) is -0.735. The summed E-state index contributed by atoms with van der Waals surface area (Å²) in [5, 5.41) is 6.37. The fraction of sp³-hybridized carbons (Fsp3) is 0.500. The van der Waals surface area contributed by atoms with Crippen LogP contribution in [0.2, 0.25) is 0 Å². The van der Waals surface area contributed by atoms with Gasteiger partial charge in [0, 0.05) is 28.2 Å². The molecule has 1 aliphatic heterocycles. The molecule has 2 aromatic rings. The number of hydrogen-bond acceptors (Lipinski definition) is 4. The highest BCUT2D eigenvalue weighted by atomic mass is 32.1. The Kier molecular flexibility index (Phi) is 5.21. The van der Waals surface area contributed by atoms with Crippen molar-refractivity contribution in [1.29, 1.82) is 0 Å². The number of rotatable bonds is 4. The summed E-state index contributed by atoms with van der Waals surface area (Å²) in [6.07, 6.45) is 8.16. The SMILES string of the molecule is Cc1cc2c(s1)C1C(CC2)C(C(=O)CC2CCCCC2)=NN1c1ccc(F)cc1F. The Hall–Kier alpha value is -2.08. The summed E-state index contributed by atoms with van der Waals surface area (Å²) in [7, 11) is 0. The second kappa shape index (κ2) is 7.88. The van der Waals surface area contributed by atoms with Crippen LogP contribution in [-0.4, -0.2) is 11.5 Å². The zero-order valence-corrected chi connectivity index (χ0v) is 18.0. The molecule has 1 saturated carbocycles. The molecule has 0 bridgehead atoms. The number of thiophene rings is 1. The molecule has 2 atom stereocenters. The van der Waals surface area contributed by atoms with Crippen molar-refractivity contribution in [2.24, 2.45) is 16.9 Å². The topological polar surface area (TPSA) is 32.7 Å². The van der Waals surface area contributed by atoms with E-state index in [9.17, 15) is 13.6 Å². The third-order valence-corrected chi connectivity index (χ3v) is 7.97. The van der Waals surface area contributed by atoms with E-state index >= 15 is 0 Å². The Labute approximate surface area is 179 Å². The molecule has 1 aromatic heterocycles.